The van der Waals surface area contributed by atoms with Crippen LogP contribution in [0.25, 0.3) is 11.3 Å². The molecule has 8 nitrogen and oxygen atoms in total. The molecule has 2 fully saturated rings. The van der Waals surface area contributed by atoms with Crippen molar-refractivity contribution in [1.29, 1.82) is 0 Å². The van der Waals surface area contributed by atoms with Gasteiger partial charge in [0.1, 0.15) is 6.04 Å². The van der Waals surface area contributed by atoms with Crippen molar-refractivity contribution in [2.75, 3.05) is 13.1 Å². The normalized spacial score (nSPS) is 21.3. The smallest absolute Gasteiger partial charge is 0.390 e. The molecule has 208 valence electrons. The van der Waals surface area contributed by atoms with Crippen LogP contribution >= 0.6 is 0 Å². The Morgan fingerprint density at radius 2 is 1.79 bits per heavy atom. The van der Waals surface area contributed by atoms with E-state index in [2.05, 4.69) is 10.3 Å². The lowest BCUT2D eigenvalue weighted by atomic mass is 9.83. The Morgan fingerprint density at radius 3 is 2.44 bits per heavy atom. The molecule has 0 aliphatic carbocycles. The second-order valence-corrected chi connectivity index (χ2v) is 11.2. The summed E-state index contributed by atoms with van der Waals surface area (Å²) < 4.78 is 41.6. The maximum atomic E-state index is 13.9. The van der Waals surface area contributed by atoms with Crippen molar-refractivity contribution in [2.45, 2.75) is 70.4 Å². The summed E-state index contributed by atoms with van der Waals surface area (Å²) >= 11 is 0. The van der Waals surface area contributed by atoms with E-state index in [1.807, 2.05) is 4.90 Å². The van der Waals surface area contributed by atoms with Crippen LogP contribution in [0, 0.1) is 5.92 Å². The number of pyridine rings is 1. The van der Waals surface area contributed by atoms with Crippen LogP contribution in [-0.2, 0) is 28.9 Å². The Hall–Kier alpha value is -3.31. The topological polar surface area (TPSA) is 103 Å². The molecule has 0 radical (unpaired) electrons. The lowest BCUT2D eigenvalue weighted by molar-refractivity contribution is -0.139. The fourth-order valence-corrected chi connectivity index (χ4v) is 5.81. The van der Waals surface area contributed by atoms with Crippen LogP contribution in [0.3, 0.4) is 0 Å². The maximum Gasteiger partial charge on any atom is 0.418 e. The van der Waals surface area contributed by atoms with Crippen molar-refractivity contribution in [3.05, 3.63) is 52.7 Å². The second-order valence-electron chi connectivity index (χ2n) is 11.2. The molecular weight excluding hydrogens is 513 g/mol. The van der Waals surface area contributed by atoms with E-state index < -0.39 is 29.3 Å². The first-order chi connectivity index (χ1) is 18.3. The van der Waals surface area contributed by atoms with Gasteiger partial charge in [-0.05, 0) is 81.4 Å². The van der Waals surface area contributed by atoms with Crippen LogP contribution in [0.2, 0.25) is 0 Å². The number of carbonyl (C=O) groups is 3. The quantitative estimate of drug-likeness (QED) is 0.559. The van der Waals surface area contributed by atoms with Gasteiger partial charge in [-0.2, -0.15) is 13.2 Å². The zero-order chi connectivity index (χ0) is 28.1. The van der Waals surface area contributed by atoms with Crippen molar-refractivity contribution in [3.8, 4) is 11.3 Å². The molecule has 2 N–H and O–H groups in total. The molecule has 1 atom stereocenters. The highest BCUT2D eigenvalue weighted by atomic mass is 19.4. The van der Waals surface area contributed by atoms with Gasteiger partial charge in [0, 0.05) is 36.8 Å². The monoisotopic (exact) mass is 544 g/mol. The first kappa shape index (κ1) is 27.3. The van der Waals surface area contributed by atoms with E-state index >= 15 is 0 Å². The highest BCUT2D eigenvalue weighted by Crippen LogP contribution is 2.36. The van der Waals surface area contributed by atoms with E-state index in [0.717, 1.165) is 6.20 Å². The summed E-state index contributed by atoms with van der Waals surface area (Å²) in [7, 11) is 0. The molecule has 5 rings (SSSR count). The molecule has 3 aliphatic heterocycles. The molecule has 2 aromatic rings. The maximum absolute atomic E-state index is 13.9. The SMILES string of the molecule is CC(C)(O)C1CCN(Cc2cc(-c3ccc4c(c3)CN(C3CCC(=O)NC3=O)C4=O)ncc2C(F)(F)F)CC1. The van der Waals surface area contributed by atoms with Gasteiger partial charge in [-0.1, -0.05) is 6.07 Å². The minimum atomic E-state index is -4.56. The van der Waals surface area contributed by atoms with Crippen LogP contribution in [-0.4, -0.2) is 62.3 Å². The van der Waals surface area contributed by atoms with Crippen molar-refractivity contribution < 1.29 is 32.7 Å². The largest absolute Gasteiger partial charge is 0.418 e. The Balaban J connectivity index is 1.38. The van der Waals surface area contributed by atoms with Gasteiger partial charge < -0.3 is 10.0 Å². The van der Waals surface area contributed by atoms with Gasteiger partial charge in [0.15, 0.2) is 0 Å². The predicted octanol–water partition coefficient (Wildman–Crippen LogP) is 3.51. The number of likely N-dealkylation sites (tertiary alicyclic amines) is 1. The zero-order valence-electron chi connectivity index (χ0n) is 21.8. The fourth-order valence-electron chi connectivity index (χ4n) is 5.81. The Morgan fingerprint density at radius 1 is 1.08 bits per heavy atom. The number of nitrogens with one attached hydrogen (secondary N) is 1. The number of imide groups is 1. The fraction of sp³-hybridized carbons (Fsp3) is 0.500. The Labute approximate surface area is 224 Å². The van der Waals surface area contributed by atoms with E-state index in [1.165, 1.54) is 11.0 Å². The number of aromatic nitrogens is 1. The molecular formula is C28H31F3N4O4. The van der Waals surface area contributed by atoms with E-state index in [-0.39, 0.29) is 49.2 Å². The van der Waals surface area contributed by atoms with Crippen LogP contribution in [0.1, 0.15) is 66.6 Å². The molecule has 39 heavy (non-hydrogen) atoms. The van der Waals surface area contributed by atoms with Crippen LogP contribution in [0.15, 0.2) is 30.5 Å². The summed E-state index contributed by atoms with van der Waals surface area (Å²) in [4.78, 5) is 44.3. The summed E-state index contributed by atoms with van der Waals surface area (Å²) in [6, 6.07) is 5.70. The average molecular weight is 545 g/mol. The van der Waals surface area contributed by atoms with E-state index in [1.54, 1.807) is 32.0 Å². The molecule has 3 amide bonds. The van der Waals surface area contributed by atoms with Gasteiger partial charge >= 0.3 is 6.18 Å². The van der Waals surface area contributed by atoms with Gasteiger partial charge in [-0.25, -0.2) is 0 Å². The van der Waals surface area contributed by atoms with Gasteiger partial charge in [-0.3, -0.25) is 29.6 Å². The van der Waals surface area contributed by atoms with Crippen LogP contribution in [0.4, 0.5) is 13.2 Å². The van der Waals surface area contributed by atoms with Gasteiger partial charge in [0.2, 0.25) is 11.8 Å². The van der Waals surface area contributed by atoms with Crippen molar-refractivity contribution >= 4 is 17.7 Å². The summed E-state index contributed by atoms with van der Waals surface area (Å²) in [5, 5.41) is 12.6. The second kappa shape index (κ2) is 10.0. The van der Waals surface area contributed by atoms with Gasteiger partial charge in [0.05, 0.1) is 16.9 Å². The summed E-state index contributed by atoms with van der Waals surface area (Å²) in [6.07, 6.45) is -1.90. The molecule has 1 aromatic heterocycles. The molecule has 0 spiro atoms. The van der Waals surface area contributed by atoms with Crippen molar-refractivity contribution in [1.82, 2.24) is 20.1 Å². The number of fused-ring (bicyclic) bond motifs is 1. The van der Waals surface area contributed by atoms with Crippen molar-refractivity contribution in [2.24, 2.45) is 5.92 Å². The number of benzene rings is 1. The number of nitrogens with zero attached hydrogens (tertiary/aromatic N) is 3. The molecule has 3 aliphatic rings. The predicted molar refractivity (Wildman–Crippen MR) is 135 cm³/mol. The molecule has 0 bridgehead atoms. The minimum absolute atomic E-state index is 0.0951. The summed E-state index contributed by atoms with van der Waals surface area (Å²) in [5.41, 5.74) is 0.522. The third-order valence-electron chi connectivity index (χ3n) is 8.09. The Kier molecular flexibility index (Phi) is 7.00. The first-order valence-corrected chi connectivity index (χ1v) is 13.1. The number of carbonyl (C=O) groups excluding carboxylic acids is 3. The molecule has 11 heteroatoms. The average Bonchev–Trinajstić information content (AvgIpc) is 3.18. The number of amides is 3. The van der Waals surface area contributed by atoms with E-state index in [4.69, 9.17) is 0 Å². The van der Waals surface area contributed by atoms with Gasteiger partial charge in [0.25, 0.3) is 5.91 Å². The summed E-state index contributed by atoms with van der Waals surface area (Å²) in [5.74, 6) is -1.10. The first-order valence-electron chi connectivity index (χ1n) is 13.1. The third kappa shape index (κ3) is 5.56. The van der Waals surface area contributed by atoms with Crippen LogP contribution < -0.4 is 5.32 Å². The molecule has 1 unspecified atom stereocenters. The third-order valence-corrected chi connectivity index (χ3v) is 8.09. The van der Waals surface area contributed by atoms with Crippen LogP contribution in [0.5, 0.6) is 0 Å². The zero-order valence-corrected chi connectivity index (χ0v) is 21.8. The molecule has 1 aromatic carbocycles. The van der Waals surface area contributed by atoms with E-state index in [9.17, 15) is 32.7 Å². The number of rotatable bonds is 5. The van der Waals surface area contributed by atoms with Gasteiger partial charge in [-0.15, -0.1) is 0 Å². The highest BCUT2D eigenvalue weighted by molar-refractivity contribution is 6.05. The highest BCUT2D eigenvalue weighted by Gasteiger charge is 2.40. The lowest BCUT2D eigenvalue weighted by Crippen LogP contribution is -2.52. The minimum Gasteiger partial charge on any atom is -0.390 e. The van der Waals surface area contributed by atoms with E-state index in [0.29, 0.717) is 48.3 Å². The standard InChI is InChI=1S/C28H31F3N4O4/c1-27(2,39)19-7-9-34(10-8-19)14-18-12-22(32-13-21(18)28(29,30)31)16-3-4-20-17(11-16)15-35(26(20)38)23-5-6-24(36)33-25(23)37/h3-4,11-13,19,23,39H,5-10,14-15H2,1-2H3,(H,33,36,37). The molecule has 4 heterocycles. The van der Waals surface area contributed by atoms with Crippen molar-refractivity contribution in [3.63, 3.8) is 0 Å². The number of halogens is 3. The summed E-state index contributed by atoms with van der Waals surface area (Å²) in [6.45, 7) is 4.96. The Bertz CT molecular complexity index is 1310. The molecule has 2 saturated heterocycles. The number of hydrogen-bond donors (Lipinski definition) is 2. The lowest BCUT2D eigenvalue weighted by Gasteiger charge is -2.38. The number of hydrogen-bond acceptors (Lipinski definition) is 6. The number of aliphatic hydroxyl groups is 1. The number of alkyl halides is 3. The molecule has 0 saturated carbocycles. The number of piperidine rings is 2.